The third kappa shape index (κ3) is 3.81. The van der Waals surface area contributed by atoms with Crippen molar-refractivity contribution >= 4 is 16.0 Å². The molecular weight excluding hydrogens is 350 g/mol. The van der Waals surface area contributed by atoms with Crippen LogP contribution in [0.5, 0.6) is 0 Å². The van der Waals surface area contributed by atoms with Gasteiger partial charge in [-0.15, -0.1) is 0 Å². The summed E-state index contributed by atoms with van der Waals surface area (Å²) in [5, 5.41) is 0. The Morgan fingerprint density at radius 1 is 1.04 bits per heavy atom. The second-order valence-electron chi connectivity index (χ2n) is 6.27. The molecule has 0 aromatic heterocycles. The molecule has 2 aromatic rings. The van der Waals surface area contributed by atoms with E-state index in [9.17, 15) is 13.2 Å². The van der Waals surface area contributed by atoms with Gasteiger partial charge in [-0.1, -0.05) is 42.5 Å². The lowest BCUT2D eigenvalue weighted by Gasteiger charge is -2.32. The number of sulfonamides is 1. The normalized spacial score (nSPS) is 18.4. The number of nitrogens with zero attached hydrogens (tertiary/aromatic N) is 1. The molecule has 3 rings (SSSR count). The number of hydrogen-bond acceptors (Lipinski definition) is 4. The van der Waals surface area contributed by atoms with Gasteiger partial charge in [-0.25, -0.2) is 8.42 Å². The van der Waals surface area contributed by atoms with Crippen LogP contribution in [0.25, 0.3) is 11.1 Å². The molecule has 0 spiro atoms. The zero-order valence-electron chi connectivity index (χ0n) is 14.8. The molecule has 1 aliphatic heterocycles. The molecule has 0 amide bonds. The molecule has 0 bridgehead atoms. The molecule has 0 aliphatic carbocycles. The van der Waals surface area contributed by atoms with Crippen molar-refractivity contribution in [2.24, 2.45) is 0 Å². The quantitative estimate of drug-likeness (QED) is 0.753. The average molecular weight is 373 g/mol. The monoisotopic (exact) mass is 373 g/mol. The first-order chi connectivity index (χ1) is 12.5. The molecule has 26 heavy (non-hydrogen) atoms. The first-order valence-electron chi connectivity index (χ1n) is 8.88. The molecule has 1 fully saturated rings. The number of ether oxygens (including phenoxy) is 1. The predicted molar refractivity (Wildman–Crippen MR) is 100 cm³/mol. The van der Waals surface area contributed by atoms with Crippen LogP contribution in [0.4, 0.5) is 0 Å². The van der Waals surface area contributed by atoms with E-state index in [0.717, 1.165) is 24.0 Å². The van der Waals surface area contributed by atoms with Gasteiger partial charge in [-0.05, 0) is 49.4 Å². The van der Waals surface area contributed by atoms with Crippen LogP contribution in [0.1, 0.15) is 26.2 Å². The minimum absolute atomic E-state index is 0.202. The standard InChI is InChI=1S/C20H23NO4S/c1-2-25-20(22)19-10-6-7-15-21(19)26(23,24)18-13-11-17(12-14-18)16-8-4-3-5-9-16/h3-5,8-9,11-14,19H,2,6-7,10,15H2,1H3. The number of benzene rings is 2. The Morgan fingerprint density at radius 2 is 1.69 bits per heavy atom. The van der Waals surface area contributed by atoms with Crippen molar-refractivity contribution in [1.29, 1.82) is 0 Å². The maximum atomic E-state index is 13.1. The Kier molecular flexibility index (Phi) is 5.74. The van der Waals surface area contributed by atoms with Gasteiger partial charge >= 0.3 is 5.97 Å². The van der Waals surface area contributed by atoms with Gasteiger partial charge in [-0.2, -0.15) is 4.31 Å². The summed E-state index contributed by atoms with van der Waals surface area (Å²) in [7, 11) is -3.74. The van der Waals surface area contributed by atoms with Gasteiger partial charge in [-0.3, -0.25) is 4.79 Å². The van der Waals surface area contributed by atoms with Crippen molar-refractivity contribution in [2.45, 2.75) is 37.1 Å². The van der Waals surface area contributed by atoms with Crippen LogP contribution < -0.4 is 0 Å². The predicted octanol–water partition coefficient (Wildman–Crippen LogP) is 3.46. The highest BCUT2D eigenvalue weighted by Crippen LogP contribution is 2.28. The summed E-state index contributed by atoms with van der Waals surface area (Å²) < 4.78 is 32.5. The lowest BCUT2D eigenvalue weighted by atomic mass is 10.1. The van der Waals surface area contributed by atoms with E-state index >= 15 is 0 Å². The van der Waals surface area contributed by atoms with E-state index < -0.39 is 22.0 Å². The molecule has 1 aliphatic rings. The molecule has 5 nitrogen and oxygen atoms in total. The van der Waals surface area contributed by atoms with Gasteiger partial charge < -0.3 is 4.74 Å². The van der Waals surface area contributed by atoms with Gasteiger partial charge in [0.1, 0.15) is 6.04 Å². The lowest BCUT2D eigenvalue weighted by molar-refractivity contribution is -0.148. The second kappa shape index (κ2) is 8.01. The SMILES string of the molecule is CCOC(=O)C1CCCCN1S(=O)(=O)c1ccc(-c2ccccc2)cc1. The smallest absolute Gasteiger partial charge is 0.324 e. The highest BCUT2D eigenvalue weighted by atomic mass is 32.2. The zero-order valence-corrected chi connectivity index (χ0v) is 15.6. The molecule has 6 heteroatoms. The molecule has 1 saturated heterocycles. The fourth-order valence-corrected chi connectivity index (χ4v) is 4.90. The molecule has 0 radical (unpaired) electrons. The van der Waals surface area contributed by atoms with Crippen molar-refractivity contribution in [1.82, 2.24) is 4.31 Å². The summed E-state index contributed by atoms with van der Waals surface area (Å²) in [5.41, 5.74) is 1.98. The van der Waals surface area contributed by atoms with Gasteiger partial charge in [0.15, 0.2) is 0 Å². The Balaban J connectivity index is 1.87. The van der Waals surface area contributed by atoms with Crippen LogP contribution in [-0.2, 0) is 19.6 Å². The zero-order chi connectivity index (χ0) is 18.6. The van der Waals surface area contributed by atoms with Crippen LogP contribution in [0.3, 0.4) is 0 Å². The molecule has 138 valence electrons. The van der Waals surface area contributed by atoms with Gasteiger partial charge in [0.05, 0.1) is 11.5 Å². The van der Waals surface area contributed by atoms with Crippen molar-refractivity contribution in [2.75, 3.05) is 13.2 Å². The van der Waals surface area contributed by atoms with E-state index in [4.69, 9.17) is 4.74 Å². The average Bonchev–Trinajstić information content (AvgIpc) is 2.69. The van der Waals surface area contributed by atoms with Crippen LogP contribution in [-0.4, -0.2) is 37.9 Å². The van der Waals surface area contributed by atoms with E-state index in [1.807, 2.05) is 30.3 Å². The maximum Gasteiger partial charge on any atom is 0.324 e. The molecular formula is C20H23NO4S. The fourth-order valence-electron chi connectivity index (χ4n) is 3.25. The minimum atomic E-state index is -3.74. The summed E-state index contributed by atoms with van der Waals surface area (Å²) in [6.45, 7) is 2.31. The van der Waals surface area contributed by atoms with E-state index in [-0.39, 0.29) is 11.5 Å². The van der Waals surface area contributed by atoms with Crippen LogP contribution in [0.15, 0.2) is 59.5 Å². The van der Waals surface area contributed by atoms with Crippen LogP contribution in [0, 0.1) is 0 Å². The topological polar surface area (TPSA) is 63.7 Å². The van der Waals surface area contributed by atoms with Crippen molar-refractivity contribution < 1.29 is 17.9 Å². The van der Waals surface area contributed by atoms with Crippen LogP contribution >= 0.6 is 0 Å². The van der Waals surface area contributed by atoms with Gasteiger partial charge in [0.25, 0.3) is 0 Å². The minimum Gasteiger partial charge on any atom is -0.465 e. The number of rotatable bonds is 5. The summed E-state index contributed by atoms with van der Waals surface area (Å²) >= 11 is 0. The molecule has 1 heterocycles. The van der Waals surface area contributed by atoms with E-state index in [2.05, 4.69) is 0 Å². The van der Waals surface area contributed by atoms with Gasteiger partial charge in [0.2, 0.25) is 10.0 Å². The highest BCUT2D eigenvalue weighted by molar-refractivity contribution is 7.89. The number of hydrogen-bond donors (Lipinski definition) is 0. The summed E-state index contributed by atoms with van der Waals surface area (Å²) in [5.74, 6) is -0.461. The summed E-state index contributed by atoms with van der Waals surface area (Å²) in [6.07, 6.45) is 2.07. The van der Waals surface area contributed by atoms with Crippen molar-refractivity contribution in [3.05, 3.63) is 54.6 Å². The molecule has 2 aromatic carbocycles. The fraction of sp³-hybridized carbons (Fsp3) is 0.350. The van der Waals surface area contributed by atoms with E-state index in [1.54, 1.807) is 31.2 Å². The lowest BCUT2D eigenvalue weighted by Crippen LogP contribution is -2.48. The Bertz CT molecular complexity index is 847. The summed E-state index contributed by atoms with van der Waals surface area (Å²) in [6, 6.07) is 15.8. The molecule has 0 saturated carbocycles. The first-order valence-corrected chi connectivity index (χ1v) is 10.3. The Labute approximate surface area is 154 Å². The number of piperidine rings is 1. The number of carbonyl (C=O) groups is 1. The second-order valence-corrected chi connectivity index (χ2v) is 8.16. The third-order valence-corrected chi connectivity index (χ3v) is 6.50. The van der Waals surface area contributed by atoms with Crippen molar-refractivity contribution in [3.63, 3.8) is 0 Å². The molecule has 1 unspecified atom stereocenters. The summed E-state index contributed by atoms with van der Waals surface area (Å²) in [4.78, 5) is 12.4. The third-order valence-electron chi connectivity index (χ3n) is 4.58. The molecule has 0 N–H and O–H groups in total. The Hall–Kier alpha value is -2.18. The number of esters is 1. The van der Waals surface area contributed by atoms with E-state index in [0.29, 0.717) is 13.0 Å². The van der Waals surface area contributed by atoms with Gasteiger partial charge in [0, 0.05) is 6.54 Å². The highest BCUT2D eigenvalue weighted by Gasteiger charge is 2.38. The van der Waals surface area contributed by atoms with E-state index in [1.165, 1.54) is 4.31 Å². The Morgan fingerprint density at radius 3 is 2.35 bits per heavy atom. The largest absolute Gasteiger partial charge is 0.465 e. The maximum absolute atomic E-state index is 13.1. The van der Waals surface area contributed by atoms with Crippen LogP contribution in [0.2, 0.25) is 0 Å². The first kappa shape index (κ1) is 18.6. The van der Waals surface area contributed by atoms with Crippen molar-refractivity contribution in [3.8, 4) is 11.1 Å². The number of carbonyl (C=O) groups excluding carboxylic acids is 1. The molecule has 1 atom stereocenters.